The third-order valence-electron chi connectivity index (χ3n) is 11.5. The highest BCUT2D eigenvalue weighted by Crippen LogP contribution is 2.48. The Balaban J connectivity index is 1.31. The Kier molecular flexibility index (Phi) is 11.1. The Morgan fingerprint density at radius 2 is 1.60 bits per heavy atom. The first-order valence-electron chi connectivity index (χ1n) is 18.2. The number of amides is 1. The van der Waals surface area contributed by atoms with Gasteiger partial charge in [-0.3, -0.25) is 19.4 Å². The van der Waals surface area contributed by atoms with Gasteiger partial charge in [-0.2, -0.15) is 39.5 Å². The molecule has 0 unspecified atom stereocenters. The predicted octanol–water partition coefficient (Wildman–Crippen LogP) is 6.94. The van der Waals surface area contributed by atoms with Gasteiger partial charge in [0.05, 0.1) is 17.6 Å². The van der Waals surface area contributed by atoms with Crippen molar-refractivity contribution in [3.63, 3.8) is 0 Å². The highest BCUT2D eigenvalue weighted by atomic mass is 19.4. The van der Waals surface area contributed by atoms with Crippen molar-refractivity contribution in [3.8, 4) is 0 Å². The van der Waals surface area contributed by atoms with Gasteiger partial charge in [0.15, 0.2) is 0 Å². The monoisotopic (exact) mass is 788 g/mol. The van der Waals surface area contributed by atoms with Crippen LogP contribution < -0.4 is 10.9 Å². The molecule has 0 radical (unpaired) electrons. The highest BCUT2D eigenvalue weighted by molar-refractivity contribution is 5.88. The summed E-state index contributed by atoms with van der Waals surface area (Å²) in [6, 6.07) is 7.27. The first-order valence-corrected chi connectivity index (χ1v) is 18.2. The number of likely N-dealkylation sites (tertiary alicyclic amines) is 2. The number of nitrogens with one attached hydrogen (secondary N) is 1. The van der Waals surface area contributed by atoms with Crippen LogP contribution in [0.4, 0.5) is 39.5 Å². The molecular formula is C38H41F9N4O4. The van der Waals surface area contributed by atoms with Crippen LogP contribution in [0.5, 0.6) is 0 Å². The molecule has 2 atom stereocenters. The fourth-order valence-corrected chi connectivity index (χ4v) is 8.64. The quantitative estimate of drug-likeness (QED) is 0.229. The fourth-order valence-electron chi connectivity index (χ4n) is 8.64. The largest absolute Gasteiger partial charge is 0.480 e. The Morgan fingerprint density at radius 3 is 2.20 bits per heavy atom. The van der Waals surface area contributed by atoms with Crippen molar-refractivity contribution >= 4 is 22.8 Å². The standard InChI is InChI=1S/C38H41F9N4O4/c1-49-29-11-8-22(20-50-14-3-2-4-15-50)18-27(29)31(37(42,43)44)30(32(49)52)26-10-9-24-23(6-5-7-25(24)26)19-28(33(53)54)48-34(55)35(38(45,46)47)12-16-51(17-13-35)21-36(39,40)41/h5-8,11,18,26,28H,2-4,9-10,12-17,19-21H2,1H3,(H,48,55)(H,53,54)/t26-,28-/m0/s1. The van der Waals surface area contributed by atoms with Crippen LogP contribution in [-0.2, 0) is 42.2 Å². The zero-order chi connectivity index (χ0) is 40.1. The van der Waals surface area contributed by atoms with Crippen molar-refractivity contribution in [2.75, 3.05) is 32.7 Å². The SMILES string of the molecule is Cn1c(=O)c([C@H]2CCc3c(C[C@H](NC(=O)C4(C(F)(F)F)CCN(CC(F)(F)F)CC4)C(=O)O)cccc32)c(C(F)(F)F)c2cc(CN3CCCCC3)ccc21. The van der Waals surface area contributed by atoms with Gasteiger partial charge in [-0.15, -0.1) is 0 Å². The minimum Gasteiger partial charge on any atom is -0.480 e. The van der Waals surface area contributed by atoms with Crippen molar-refractivity contribution < 1.29 is 54.2 Å². The molecular weight excluding hydrogens is 747 g/mol. The summed E-state index contributed by atoms with van der Waals surface area (Å²) in [5.74, 6) is -4.41. The Morgan fingerprint density at radius 1 is 0.927 bits per heavy atom. The number of fused-ring (bicyclic) bond motifs is 2. The van der Waals surface area contributed by atoms with Crippen LogP contribution in [-0.4, -0.2) is 82.5 Å². The number of carbonyl (C=O) groups is 2. The zero-order valence-electron chi connectivity index (χ0n) is 29.9. The average Bonchev–Trinajstić information content (AvgIpc) is 3.53. The lowest BCUT2D eigenvalue weighted by Gasteiger charge is -2.42. The van der Waals surface area contributed by atoms with Gasteiger partial charge in [0, 0.05) is 36.9 Å². The molecule has 0 bridgehead atoms. The van der Waals surface area contributed by atoms with Crippen molar-refractivity contribution in [3.05, 3.63) is 80.1 Å². The van der Waals surface area contributed by atoms with Gasteiger partial charge >= 0.3 is 24.5 Å². The van der Waals surface area contributed by atoms with Gasteiger partial charge in [0.1, 0.15) is 11.5 Å². The molecule has 2 N–H and O–H groups in total. The molecule has 1 aliphatic carbocycles. The van der Waals surface area contributed by atoms with E-state index in [9.17, 15) is 45.8 Å². The number of hydrogen-bond acceptors (Lipinski definition) is 5. The number of pyridine rings is 1. The number of benzene rings is 2. The number of carboxylic acids is 1. The topological polar surface area (TPSA) is 94.9 Å². The number of aromatic nitrogens is 1. The number of hydrogen-bond donors (Lipinski definition) is 2. The minimum absolute atomic E-state index is 0.0549. The molecule has 0 saturated carbocycles. The normalized spacial score (nSPS) is 20.4. The molecule has 1 amide bonds. The molecule has 3 aromatic rings. The van der Waals surface area contributed by atoms with Gasteiger partial charge in [0.2, 0.25) is 5.91 Å². The molecule has 3 heterocycles. The second-order valence-electron chi connectivity index (χ2n) is 15.0. The van der Waals surface area contributed by atoms with Crippen LogP contribution >= 0.6 is 0 Å². The van der Waals surface area contributed by atoms with Crippen molar-refractivity contribution in [1.82, 2.24) is 19.7 Å². The summed E-state index contributed by atoms with van der Waals surface area (Å²) in [6.07, 6.45) is -14.1. The van der Waals surface area contributed by atoms with Crippen LogP contribution in [0.15, 0.2) is 41.2 Å². The number of carbonyl (C=O) groups excluding carboxylic acids is 1. The maximum Gasteiger partial charge on any atom is 0.417 e. The molecule has 300 valence electrons. The molecule has 2 fully saturated rings. The van der Waals surface area contributed by atoms with E-state index in [0.717, 1.165) is 37.3 Å². The summed E-state index contributed by atoms with van der Waals surface area (Å²) in [7, 11) is 1.40. The molecule has 2 saturated heterocycles. The number of nitrogens with zero attached hydrogens (tertiary/aromatic N) is 3. The first kappa shape index (κ1) is 40.5. The summed E-state index contributed by atoms with van der Waals surface area (Å²) in [4.78, 5) is 42.5. The Bertz CT molecular complexity index is 1990. The summed E-state index contributed by atoms with van der Waals surface area (Å²) < 4.78 is 129. The molecule has 2 aliphatic heterocycles. The first-order chi connectivity index (χ1) is 25.7. The number of halogens is 9. The van der Waals surface area contributed by atoms with E-state index in [2.05, 4.69) is 4.90 Å². The maximum absolute atomic E-state index is 15.1. The second-order valence-corrected chi connectivity index (χ2v) is 15.0. The van der Waals surface area contributed by atoms with Gasteiger partial charge in [-0.1, -0.05) is 30.7 Å². The summed E-state index contributed by atoms with van der Waals surface area (Å²) >= 11 is 0. The zero-order valence-corrected chi connectivity index (χ0v) is 29.9. The van der Waals surface area contributed by atoms with E-state index >= 15 is 13.2 Å². The summed E-state index contributed by atoms with van der Waals surface area (Å²) in [5, 5.41) is 11.9. The van der Waals surface area contributed by atoms with Crippen LogP contribution in [0.25, 0.3) is 10.9 Å². The third-order valence-corrected chi connectivity index (χ3v) is 11.5. The van der Waals surface area contributed by atoms with Crippen molar-refractivity contribution in [2.24, 2.45) is 12.5 Å². The van der Waals surface area contributed by atoms with E-state index < -0.39 is 103 Å². The molecule has 2 aromatic carbocycles. The third kappa shape index (κ3) is 8.23. The van der Waals surface area contributed by atoms with Gasteiger partial charge in [-0.25, -0.2) is 4.79 Å². The van der Waals surface area contributed by atoms with Crippen molar-refractivity contribution in [2.45, 2.75) is 88.4 Å². The van der Waals surface area contributed by atoms with Gasteiger partial charge < -0.3 is 15.0 Å². The summed E-state index contributed by atoms with van der Waals surface area (Å²) in [6.45, 7) is -0.774. The second kappa shape index (κ2) is 15.1. The number of aliphatic carboxylic acids is 1. The molecule has 3 aliphatic rings. The van der Waals surface area contributed by atoms with Crippen LogP contribution in [0.1, 0.15) is 77.8 Å². The molecule has 1 aromatic heterocycles. The Labute approximate surface area is 310 Å². The molecule has 17 heteroatoms. The number of piperidine rings is 2. The van der Waals surface area contributed by atoms with E-state index in [1.54, 1.807) is 6.07 Å². The number of aryl methyl sites for hydroxylation is 1. The number of alkyl halides is 9. The smallest absolute Gasteiger partial charge is 0.417 e. The molecule has 0 spiro atoms. The van der Waals surface area contributed by atoms with Gasteiger partial charge in [0.25, 0.3) is 5.56 Å². The highest BCUT2D eigenvalue weighted by Gasteiger charge is 2.61. The number of carboxylic acid groups (broad SMARTS) is 1. The van der Waals surface area contributed by atoms with Crippen LogP contribution in [0.3, 0.4) is 0 Å². The lowest BCUT2D eigenvalue weighted by atomic mass is 9.76. The van der Waals surface area contributed by atoms with Crippen LogP contribution in [0.2, 0.25) is 0 Å². The van der Waals surface area contributed by atoms with Gasteiger partial charge in [-0.05, 0) is 99.1 Å². The van der Waals surface area contributed by atoms with Crippen molar-refractivity contribution in [1.29, 1.82) is 0 Å². The maximum atomic E-state index is 15.1. The molecule has 8 nitrogen and oxygen atoms in total. The predicted molar refractivity (Wildman–Crippen MR) is 183 cm³/mol. The average molecular weight is 789 g/mol. The van der Waals surface area contributed by atoms with Crippen LogP contribution in [0, 0.1) is 5.41 Å². The Hall–Kier alpha value is -4.12. The van der Waals surface area contributed by atoms with E-state index in [1.807, 2.05) is 5.32 Å². The lowest BCUT2D eigenvalue weighted by Crippen LogP contribution is -2.59. The molecule has 6 rings (SSSR count). The van der Waals surface area contributed by atoms with E-state index in [0.29, 0.717) is 23.2 Å². The molecule has 55 heavy (non-hydrogen) atoms. The van der Waals surface area contributed by atoms with E-state index in [4.69, 9.17) is 0 Å². The number of rotatable bonds is 9. The lowest BCUT2D eigenvalue weighted by molar-refractivity contribution is -0.236. The minimum atomic E-state index is -5.21. The fraction of sp³-hybridized carbons (Fsp3) is 0.553. The van der Waals surface area contributed by atoms with E-state index in [-0.39, 0.29) is 29.3 Å². The summed E-state index contributed by atoms with van der Waals surface area (Å²) in [5.41, 5.74) is -3.70. The van der Waals surface area contributed by atoms with E-state index in [1.165, 1.54) is 41.9 Å².